The molecule has 3 N–H and O–H groups in total. The zero-order chi connectivity index (χ0) is 30.1. The van der Waals surface area contributed by atoms with Crippen molar-refractivity contribution < 1.29 is 18.0 Å². The van der Waals surface area contributed by atoms with Crippen LogP contribution >= 0.6 is 0 Å². The van der Waals surface area contributed by atoms with E-state index in [9.17, 15) is 22.8 Å². The molecule has 2 aliphatic heterocycles. The molecule has 0 bridgehead atoms. The first-order valence-corrected chi connectivity index (χ1v) is 14.3. The van der Waals surface area contributed by atoms with Crippen LogP contribution in [0, 0.1) is 6.92 Å². The van der Waals surface area contributed by atoms with Crippen LogP contribution in [0.3, 0.4) is 0 Å². The zero-order valence-corrected chi connectivity index (χ0v) is 24.0. The van der Waals surface area contributed by atoms with E-state index in [1.54, 1.807) is 23.2 Å². The molecule has 1 atom stereocenters. The quantitative estimate of drug-likeness (QED) is 0.318. The summed E-state index contributed by atoms with van der Waals surface area (Å²) in [6.45, 7) is 8.38. The van der Waals surface area contributed by atoms with Crippen molar-refractivity contribution in [2.45, 2.75) is 58.2 Å². The Morgan fingerprint density at radius 3 is 2.64 bits per heavy atom. The molecule has 228 valence electrons. The van der Waals surface area contributed by atoms with Crippen molar-refractivity contribution in [3.8, 4) is 0 Å². The highest BCUT2D eigenvalue weighted by molar-refractivity contribution is 5.76. The minimum Gasteiger partial charge on any atom is -0.369 e. The summed E-state index contributed by atoms with van der Waals surface area (Å²) in [6, 6.07) is 5.20. The number of aromatic amines is 1. The summed E-state index contributed by atoms with van der Waals surface area (Å²) in [4.78, 5) is 36.8. The Labute approximate surface area is 242 Å². The Balaban J connectivity index is 0.000000507. The van der Waals surface area contributed by atoms with Gasteiger partial charge in [-0.05, 0) is 45.2 Å². The van der Waals surface area contributed by atoms with Crippen LogP contribution in [0.1, 0.15) is 56.3 Å². The Kier molecular flexibility index (Phi) is 10.6. The van der Waals surface area contributed by atoms with Crippen LogP contribution in [0.15, 0.2) is 41.6 Å². The standard InChI is InChI=1S/C23H33F3N8O.C5H5NO/c1-3-32-12-8-17(14-32)34-15-19(16(2)31-34)29-22-28-13-18(23(24,25)26)21(30-22)27-9-6-11-33-10-5-4-7-20(33)35;7-5-3-1-2-4-6-5/h13,15,17H,3-12,14H2,1-2H3,(H2,27,28,29,30);1-4H,(H,6,7). The van der Waals surface area contributed by atoms with Gasteiger partial charge in [-0.25, -0.2) is 4.98 Å². The number of rotatable bonds is 9. The number of H-pyrrole nitrogens is 1. The van der Waals surface area contributed by atoms with Crippen molar-refractivity contribution in [3.63, 3.8) is 0 Å². The third-order valence-corrected chi connectivity index (χ3v) is 7.33. The van der Waals surface area contributed by atoms with Crippen LogP contribution in [0.5, 0.6) is 0 Å². The summed E-state index contributed by atoms with van der Waals surface area (Å²) in [5.41, 5.74) is 0.413. The number of nitrogens with one attached hydrogen (secondary N) is 3. The van der Waals surface area contributed by atoms with Gasteiger partial charge in [-0.2, -0.15) is 23.3 Å². The summed E-state index contributed by atoms with van der Waals surface area (Å²) in [7, 11) is 0. The average molecular weight is 590 g/mol. The minimum absolute atomic E-state index is 0.0532. The molecule has 2 aliphatic rings. The van der Waals surface area contributed by atoms with Gasteiger partial charge in [-0.3, -0.25) is 14.3 Å². The maximum absolute atomic E-state index is 13.5. The third-order valence-electron chi connectivity index (χ3n) is 7.33. The highest BCUT2D eigenvalue weighted by Crippen LogP contribution is 2.34. The largest absolute Gasteiger partial charge is 0.421 e. The summed E-state index contributed by atoms with van der Waals surface area (Å²) >= 11 is 0. The second-order valence-corrected chi connectivity index (χ2v) is 10.4. The molecule has 0 saturated carbocycles. The Morgan fingerprint density at radius 1 is 1.17 bits per heavy atom. The van der Waals surface area contributed by atoms with Crippen LogP contribution in [0.2, 0.25) is 0 Å². The van der Waals surface area contributed by atoms with E-state index in [4.69, 9.17) is 0 Å². The number of aromatic nitrogens is 5. The molecular weight excluding hydrogens is 551 g/mol. The van der Waals surface area contributed by atoms with Gasteiger partial charge in [-0.15, -0.1) is 0 Å². The second-order valence-electron chi connectivity index (χ2n) is 10.4. The molecule has 3 aromatic heterocycles. The zero-order valence-electron chi connectivity index (χ0n) is 24.0. The molecule has 14 heteroatoms. The van der Waals surface area contributed by atoms with Crippen LogP contribution < -0.4 is 16.2 Å². The summed E-state index contributed by atoms with van der Waals surface area (Å²) < 4.78 is 42.6. The molecule has 2 fully saturated rings. The molecule has 5 heterocycles. The maximum atomic E-state index is 13.5. The van der Waals surface area contributed by atoms with Crippen molar-refractivity contribution >= 4 is 23.4 Å². The fourth-order valence-electron chi connectivity index (χ4n) is 4.96. The summed E-state index contributed by atoms with van der Waals surface area (Å²) in [6.07, 6.45) is 3.60. The topological polar surface area (TPSA) is 124 Å². The first-order chi connectivity index (χ1) is 20.1. The van der Waals surface area contributed by atoms with E-state index >= 15 is 0 Å². The molecule has 42 heavy (non-hydrogen) atoms. The lowest BCUT2D eigenvalue weighted by Crippen LogP contribution is -2.36. The number of nitrogens with zero attached hydrogens (tertiary/aromatic N) is 6. The van der Waals surface area contributed by atoms with E-state index in [0.29, 0.717) is 31.6 Å². The molecule has 1 amide bonds. The van der Waals surface area contributed by atoms with Gasteiger partial charge >= 0.3 is 6.18 Å². The minimum atomic E-state index is -4.59. The first-order valence-electron chi connectivity index (χ1n) is 14.3. The van der Waals surface area contributed by atoms with E-state index in [1.807, 2.05) is 17.8 Å². The van der Waals surface area contributed by atoms with Crippen LogP contribution in [-0.4, -0.2) is 79.7 Å². The average Bonchev–Trinajstić information content (AvgIpc) is 3.59. The van der Waals surface area contributed by atoms with Crippen molar-refractivity contribution in [2.75, 3.05) is 49.9 Å². The van der Waals surface area contributed by atoms with E-state index in [0.717, 1.165) is 50.8 Å². The van der Waals surface area contributed by atoms with Crippen LogP contribution in [0.4, 0.5) is 30.6 Å². The molecule has 0 aromatic carbocycles. The van der Waals surface area contributed by atoms with Gasteiger partial charge in [0, 0.05) is 63.8 Å². The summed E-state index contributed by atoms with van der Waals surface area (Å²) in [5.74, 6) is -0.105. The molecule has 2 saturated heterocycles. The molecule has 0 spiro atoms. The van der Waals surface area contributed by atoms with Gasteiger partial charge in [0.1, 0.15) is 11.4 Å². The second kappa shape index (κ2) is 14.3. The van der Waals surface area contributed by atoms with E-state index in [-0.39, 0.29) is 35.8 Å². The summed E-state index contributed by atoms with van der Waals surface area (Å²) in [5, 5.41) is 10.4. The molecule has 0 radical (unpaired) electrons. The monoisotopic (exact) mass is 589 g/mol. The maximum Gasteiger partial charge on any atom is 0.421 e. The number of likely N-dealkylation sites (N-methyl/N-ethyl adjacent to an activating group) is 1. The molecule has 3 aromatic rings. The lowest BCUT2D eigenvalue weighted by molar-refractivity contribution is -0.137. The van der Waals surface area contributed by atoms with Crippen molar-refractivity contribution in [1.82, 2.24) is 34.5 Å². The van der Waals surface area contributed by atoms with E-state index < -0.39 is 11.7 Å². The van der Waals surface area contributed by atoms with Gasteiger partial charge in [-0.1, -0.05) is 13.0 Å². The smallest absolute Gasteiger partial charge is 0.369 e. The number of hydrogen-bond donors (Lipinski definition) is 3. The van der Waals surface area contributed by atoms with Crippen molar-refractivity contribution in [1.29, 1.82) is 0 Å². The lowest BCUT2D eigenvalue weighted by Gasteiger charge is -2.26. The number of anilines is 3. The van der Waals surface area contributed by atoms with Gasteiger partial charge in [0.2, 0.25) is 17.4 Å². The first kappa shape index (κ1) is 31.0. The number of amides is 1. The van der Waals surface area contributed by atoms with Crippen LogP contribution in [-0.2, 0) is 11.0 Å². The lowest BCUT2D eigenvalue weighted by atomic mass is 10.1. The van der Waals surface area contributed by atoms with Gasteiger partial charge < -0.3 is 25.4 Å². The van der Waals surface area contributed by atoms with Crippen molar-refractivity contribution in [3.05, 3.63) is 58.4 Å². The van der Waals surface area contributed by atoms with Crippen LogP contribution in [0.25, 0.3) is 0 Å². The number of alkyl halides is 3. The number of aryl methyl sites for hydroxylation is 1. The third kappa shape index (κ3) is 8.54. The predicted octanol–water partition coefficient (Wildman–Crippen LogP) is 4.20. The van der Waals surface area contributed by atoms with E-state index in [1.165, 1.54) is 6.07 Å². The van der Waals surface area contributed by atoms with E-state index in [2.05, 4.69) is 42.5 Å². The normalized spacial score (nSPS) is 17.6. The number of piperidine rings is 1. The fourth-order valence-corrected chi connectivity index (χ4v) is 4.96. The number of halogens is 3. The number of pyridine rings is 1. The molecular formula is C28H38F3N9O2. The molecule has 1 unspecified atom stereocenters. The van der Waals surface area contributed by atoms with Gasteiger partial charge in [0.15, 0.2) is 0 Å². The fraction of sp³-hybridized carbons (Fsp3) is 0.536. The van der Waals surface area contributed by atoms with Crippen molar-refractivity contribution in [2.24, 2.45) is 0 Å². The number of carbonyl (C=O) groups excluding carboxylic acids is 1. The SMILES string of the molecule is CCN1CCC(n2cc(Nc3ncc(C(F)(F)F)c(NCCCN4CCCCC4=O)n3)c(C)n2)C1.O=c1cccc[nH]1. The van der Waals surface area contributed by atoms with Gasteiger partial charge in [0.25, 0.3) is 0 Å². The Hall–Kier alpha value is -3.94. The Morgan fingerprint density at radius 2 is 2.00 bits per heavy atom. The highest BCUT2D eigenvalue weighted by atomic mass is 19.4. The highest BCUT2D eigenvalue weighted by Gasteiger charge is 2.35. The predicted molar refractivity (Wildman–Crippen MR) is 154 cm³/mol. The molecule has 0 aliphatic carbocycles. The number of hydrogen-bond acceptors (Lipinski definition) is 8. The molecule has 11 nitrogen and oxygen atoms in total. The number of likely N-dealkylation sites (tertiary alicyclic amines) is 2. The molecule has 5 rings (SSSR count). The number of carbonyl (C=O) groups is 1. The van der Waals surface area contributed by atoms with Gasteiger partial charge in [0.05, 0.1) is 17.4 Å². The Bertz CT molecular complexity index is 1360.